The van der Waals surface area contributed by atoms with Crippen LogP contribution in [-0.2, 0) is 19.2 Å². The van der Waals surface area contributed by atoms with E-state index in [4.69, 9.17) is 4.74 Å². The SMILES string of the molecule is CCOS(=O)(=O)N1CCOCC1.[NaH]. The van der Waals surface area contributed by atoms with Crippen LogP contribution in [0.4, 0.5) is 0 Å². The molecule has 0 spiro atoms. The molecule has 1 heterocycles. The van der Waals surface area contributed by atoms with Crippen LogP contribution in [0, 0.1) is 0 Å². The van der Waals surface area contributed by atoms with E-state index in [9.17, 15) is 8.42 Å². The molecule has 0 saturated carbocycles. The molecule has 0 amide bonds. The van der Waals surface area contributed by atoms with Crippen LogP contribution in [0.25, 0.3) is 0 Å². The number of hydrogen-bond acceptors (Lipinski definition) is 4. The molecule has 13 heavy (non-hydrogen) atoms. The molecule has 74 valence electrons. The van der Waals surface area contributed by atoms with Crippen LogP contribution in [0.3, 0.4) is 0 Å². The Kier molecular flexibility index (Phi) is 6.74. The van der Waals surface area contributed by atoms with Crippen molar-refractivity contribution in [1.82, 2.24) is 4.31 Å². The van der Waals surface area contributed by atoms with Gasteiger partial charge in [-0.15, -0.1) is 0 Å². The first kappa shape index (κ1) is 13.8. The average Bonchev–Trinajstić information content (AvgIpc) is 2.06. The Balaban J connectivity index is 0.00000144. The van der Waals surface area contributed by atoms with Crippen molar-refractivity contribution in [3.05, 3.63) is 0 Å². The van der Waals surface area contributed by atoms with Crippen molar-refractivity contribution in [1.29, 1.82) is 0 Å². The van der Waals surface area contributed by atoms with Crippen LogP contribution in [-0.4, -0.2) is 75.2 Å². The van der Waals surface area contributed by atoms with E-state index in [-0.39, 0.29) is 36.2 Å². The molecule has 1 rings (SSSR count). The first-order valence-electron chi connectivity index (χ1n) is 3.89. The van der Waals surface area contributed by atoms with E-state index in [0.29, 0.717) is 26.3 Å². The van der Waals surface area contributed by atoms with Crippen molar-refractivity contribution in [2.75, 3.05) is 32.9 Å². The summed E-state index contributed by atoms with van der Waals surface area (Å²) < 4.78 is 33.4. The summed E-state index contributed by atoms with van der Waals surface area (Å²) in [6, 6.07) is 0. The Labute approximate surface area is 101 Å². The molecule has 0 aromatic heterocycles. The third-order valence-corrected chi connectivity index (χ3v) is 3.08. The Bertz CT molecular complexity index is 225. The Morgan fingerprint density at radius 2 is 1.92 bits per heavy atom. The number of rotatable bonds is 3. The second kappa shape index (κ2) is 6.34. The number of morpholine rings is 1. The van der Waals surface area contributed by atoms with Crippen LogP contribution < -0.4 is 0 Å². The van der Waals surface area contributed by atoms with Crippen molar-refractivity contribution in [3.63, 3.8) is 0 Å². The molecule has 1 aliphatic heterocycles. The number of ether oxygens (including phenoxy) is 1. The molecule has 1 saturated heterocycles. The topological polar surface area (TPSA) is 55.8 Å². The summed E-state index contributed by atoms with van der Waals surface area (Å²) in [6.07, 6.45) is 0. The van der Waals surface area contributed by atoms with Crippen molar-refractivity contribution in [3.8, 4) is 0 Å². The summed E-state index contributed by atoms with van der Waals surface area (Å²) in [7, 11) is -3.48. The maximum absolute atomic E-state index is 11.2. The van der Waals surface area contributed by atoms with Crippen molar-refractivity contribution in [2.24, 2.45) is 0 Å². The van der Waals surface area contributed by atoms with Gasteiger partial charge >= 0.3 is 39.9 Å². The van der Waals surface area contributed by atoms with E-state index in [2.05, 4.69) is 4.18 Å². The van der Waals surface area contributed by atoms with Gasteiger partial charge in [-0.2, -0.15) is 12.7 Å². The standard InChI is InChI=1S/C6H13NO4S.Na.H/c1-2-11-12(8,9)7-3-5-10-6-4-7;;/h2-6H2,1H3;;. The van der Waals surface area contributed by atoms with E-state index in [0.717, 1.165) is 0 Å². The number of hydrogen-bond donors (Lipinski definition) is 0. The summed E-state index contributed by atoms with van der Waals surface area (Å²) in [6.45, 7) is 3.51. The van der Waals surface area contributed by atoms with Gasteiger partial charge in [0.2, 0.25) is 0 Å². The normalized spacial score (nSPS) is 19.5. The van der Waals surface area contributed by atoms with Gasteiger partial charge in [0.15, 0.2) is 0 Å². The fraction of sp³-hybridized carbons (Fsp3) is 1.00. The molecular weight excluding hydrogens is 205 g/mol. The van der Waals surface area contributed by atoms with Crippen LogP contribution in [0.15, 0.2) is 0 Å². The summed E-state index contributed by atoms with van der Waals surface area (Å²) >= 11 is 0. The maximum atomic E-state index is 11.2. The monoisotopic (exact) mass is 219 g/mol. The van der Waals surface area contributed by atoms with E-state index < -0.39 is 10.3 Å². The van der Waals surface area contributed by atoms with Gasteiger partial charge in [0.25, 0.3) is 0 Å². The summed E-state index contributed by atoms with van der Waals surface area (Å²) in [5, 5.41) is 0. The van der Waals surface area contributed by atoms with Crippen LogP contribution in [0.1, 0.15) is 6.92 Å². The zero-order chi connectivity index (χ0) is 9.03. The molecule has 0 atom stereocenters. The van der Waals surface area contributed by atoms with E-state index >= 15 is 0 Å². The summed E-state index contributed by atoms with van der Waals surface area (Å²) in [5.41, 5.74) is 0. The van der Waals surface area contributed by atoms with Crippen molar-refractivity contribution >= 4 is 39.9 Å². The van der Waals surface area contributed by atoms with Crippen LogP contribution in [0.2, 0.25) is 0 Å². The molecule has 0 N–H and O–H groups in total. The minimum absolute atomic E-state index is 0. The zero-order valence-corrected chi connectivity index (χ0v) is 7.84. The first-order valence-corrected chi connectivity index (χ1v) is 5.25. The minimum atomic E-state index is -3.48. The van der Waals surface area contributed by atoms with Gasteiger partial charge in [-0.1, -0.05) is 0 Å². The summed E-state index contributed by atoms with van der Waals surface area (Å²) in [5.74, 6) is 0. The predicted octanol–water partition coefficient (Wildman–Crippen LogP) is -1.05. The van der Waals surface area contributed by atoms with Gasteiger partial charge in [0.05, 0.1) is 19.8 Å². The van der Waals surface area contributed by atoms with Crippen LogP contribution in [0.5, 0.6) is 0 Å². The van der Waals surface area contributed by atoms with E-state index in [1.54, 1.807) is 6.92 Å². The van der Waals surface area contributed by atoms with Gasteiger partial charge in [-0.05, 0) is 6.92 Å². The zero-order valence-electron chi connectivity index (χ0n) is 7.02. The second-order valence-corrected chi connectivity index (χ2v) is 3.98. The quantitative estimate of drug-likeness (QED) is 0.568. The molecule has 7 heteroatoms. The van der Waals surface area contributed by atoms with Crippen molar-refractivity contribution < 1.29 is 17.3 Å². The molecular formula is C6H14NNaO4S. The third-order valence-electron chi connectivity index (χ3n) is 1.55. The Hall–Kier alpha value is 0.830. The molecule has 0 aliphatic carbocycles. The third kappa shape index (κ3) is 4.24. The molecule has 1 aliphatic rings. The fourth-order valence-corrected chi connectivity index (χ4v) is 2.04. The average molecular weight is 219 g/mol. The van der Waals surface area contributed by atoms with Gasteiger partial charge in [0, 0.05) is 13.1 Å². The van der Waals surface area contributed by atoms with Gasteiger partial charge in [-0.3, -0.25) is 4.18 Å². The molecule has 0 bridgehead atoms. The molecule has 5 nitrogen and oxygen atoms in total. The Morgan fingerprint density at radius 3 is 2.38 bits per heavy atom. The van der Waals surface area contributed by atoms with Gasteiger partial charge < -0.3 is 4.74 Å². The molecule has 0 unspecified atom stereocenters. The molecule has 0 aromatic rings. The number of nitrogens with zero attached hydrogens (tertiary/aromatic N) is 1. The molecule has 0 radical (unpaired) electrons. The molecule has 1 fully saturated rings. The van der Waals surface area contributed by atoms with E-state index in [1.165, 1.54) is 4.31 Å². The summed E-state index contributed by atoms with van der Waals surface area (Å²) in [4.78, 5) is 0. The second-order valence-electron chi connectivity index (χ2n) is 2.38. The predicted molar refractivity (Wildman–Crippen MR) is 50.1 cm³/mol. The Morgan fingerprint density at radius 1 is 1.38 bits per heavy atom. The fourth-order valence-electron chi connectivity index (χ4n) is 0.994. The van der Waals surface area contributed by atoms with Gasteiger partial charge in [-0.25, -0.2) is 0 Å². The molecule has 0 aromatic carbocycles. The van der Waals surface area contributed by atoms with Crippen LogP contribution >= 0.6 is 0 Å². The first-order chi connectivity index (χ1) is 5.67. The van der Waals surface area contributed by atoms with Gasteiger partial charge in [0.1, 0.15) is 0 Å². The van der Waals surface area contributed by atoms with E-state index in [1.807, 2.05) is 0 Å². The van der Waals surface area contributed by atoms with Crippen molar-refractivity contribution in [2.45, 2.75) is 6.92 Å².